The minimum Gasteiger partial charge on any atom is -0.508 e. The Kier molecular flexibility index (Phi) is 5.05. The molecule has 2 atom stereocenters. The predicted octanol–water partition coefficient (Wildman–Crippen LogP) is 2.33. The number of benzene rings is 2. The van der Waals surface area contributed by atoms with E-state index in [4.69, 9.17) is 27.1 Å². The van der Waals surface area contributed by atoms with E-state index in [2.05, 4.69) is 21.0 Å². The molecule has 2 aromatic heterocycles. The van der Waals surface area contributed by atoms with Crippen molar-refractivity contribution in [3.8, 4) is 18.1 Å². The van der Waals surface area contributed by atoms with E-state index in [0.29, 0.717) is 65.2 Å². The van der Waals surface area contributed by atoms with Crippen LogP contribution in [0.1, 0.15) is 30.9 Å². The first-order chi connectivity index (χ1) is 18.3. The number of nitrogens with two attached hydrogens (primary N) is 1. The molecular formula is C28H29FN8O. The molecule has 9 nitrogen and oxygen atoms in total. The lowest BCUT2D eigenvalue weighted by Crippen LogP contribution is -2.66. The van der Waals surface area contributed by atoms with Crippen LogP contribution in [0.4, 0.5) is 16.2 Å². The molecular weight excluding hydrogens is 483 g/mol. The van der Waals surface area contributed by atoms with Gasteiger partial charge in [0.05, 0.1) is 18.4 Å². The molecule has 4 N–H and O–H groups in total. The monoisotopic (exact) mass is 512 g/mol. The topological polar surface area (TPSA) is 108 Å². The summed E-state index contributed by atoms with van der Waals surface area (Å²) in [5, 5.41) is 15.4. The van der Waals surface area contributed by atoms with Crippen LogP contribution in [0.25, 0.3) is 21.9 Å². The first-order valence-electron chi connectivity index (χ1n) is 13.0. The highest BCUT2D eigenvalue weighted by Gasteiger charge is 2.39. The Bertz CT molecular complexity index is 1620. The molecule has 5 heterocycles. The summed E-state index contributed by atoms with van der Waals surface area (Å²) in [7, 11) is 0. The standard InChI is InChI=1S/C28H29FN8O/c1-3-21-22(29)7-4-16-8-20(38)9-17(23(16)21)10-36-15-31-24-25(36)33-27(34-26(24)37-13-28(2,30)14-37)35-11-18-5-6-19(12-35)32-18/h1,4,7-9,15,18-19,32,38H,5-6,10-14,30H2,2H3/t18-,19+. The van der Waals surface area contributed by atoms with Crippen LogP contribution in [-0.2, 0) is 6.54 Å². The van der Waals surface area contributed by atoms with Crippen LogP contribution in [0.15, 0.2) is 30.6 Å². The summed E-state index contributed by atoms with van der Waals surface area (Å²) in [6, 6.07) is 7.06. The van der Waals surface area contributed by atoms with Crippen LogP contribution < -0.4 is 20.9 Å². The first-order valence-corrected chi connectivity index (χ1v) is 13.0. The molecule has 0 saturated carbocycles. The van der Waals surface area contributed by atoms with Crippen molar-refractivity contribution in [2.24, 2.45) is 5.73 Å². The van der Waals surface area contributed by atoms with E-state index in [1.54, 1.807) is 24.5 Å². The summed E-state index contributed by atoms with van der Waals surface area (Å²) < 4.78 is 16.6. The Labute approximate surface area is 219 Å². The normalized spacial score (nSPS) is 22.2. The highest BCUT2D eigenvalue weighted by atomic mass is 19.1. The summed E-state index contributed by atoms with van der Waals surface area (Å²) in [4.78, 5) is 19.1. The second-order valence-corrected chi connectivity index (χ2v) is 11.2. The maximum absolute atomic E-state index is 14.6. The Hall–Kier alpha value is -3.94. The van der Waals surface area contributed by atoms with Crippen molar-refractivity contribution in [2.45, 2.75) is 43.9 Å². The van der Waals surface area contributed by atoms with E-state index >= 15 is 0 Å². The van der Waals surface area contributed by atoms with Gasteiger partial charge in [0.15, 0.2) is 17.0 Å². The number of rotatable bonds is 4. The van der Waals surface area contributed by atoms with Gasteiger partial charge in [-0.2, -0.15) is 9.97 Å². The Balaban J connectivity index is 1.36. The smallest absolute Gasteiger partial charge is 0.229 e. The summed E-state index contributed by atoms with van der Waals surface area (Å²) in [5.41, 5.74) is 8.29. The van der Waals surface area contributed by atoms with E-state index < -0.39 is 5.82 Å². The van der Waals surface area contributed by atoms with Crippen LogP contribution in [0.2, 0.25) is 0 Å². The second-order valence-electron chi connectivity index (χ2n) is 11.2. The number of phenols is 1. The fraction of sp³-hybridized carbons (Fsp3) is 0.393. The third-order valence-electron chi connectivity index (χ3n) is 7.96. The SMILES string of the molecule is C#Cc1c(F)ccc2cc(O)cc(Cn3cnc4c(N5CC(C)(N)C5)nc(N5C[C@H]6CC[C@@H](C5)N6)nc43)c12. The Morgan fingerprint density at radius 3 is 2.66 bits per heavy atom. The van der Waals surface area contributed by atoms with Crippen molar-refractivity contribution in [1.29, 1.82) is 0 Å². The average Bonchev–Trinajstić information content (AvgIpc) is 3.43. The van der Waals surface area contributed by atoms with Crippen molar-refractivity contribution in [3.63, 3.8) is 0 Å². The number of nitrogens with zero attached hydrogens (tertiary/aromatic N) is 6. The number of piperazine rings is 1. The molecule has 2 aromatic carbocycles. The van der Waals surface area contributed by atoms with Gasteiger partial charge < -0.3 is 30.5 Å². The lowest BCUT2D eigenvalue weighted by atomic mass is 9.94. The molecule has 7 rings (SSSR count). The third kappa shape index (κ3) is 3.73. The fourth-order valence-electron chi connectivity index (χ4n) is 6.29. The van der Waals surface area contributed by atoms with Crippen LogP contribution in [0, 0.1) is 18.2 Å². The molecule has 4 aromatic rings. The van der Waals surface area contributed by atoms with Crippen LogP contribution in [-0.4, -0.2) is 68.4 Å². The third-order valence-corrected chi connectivity index (χ3v) is 7.96. The molecule has 38 heavy (non-hydrogen) atoms. The van der Waals surface area contributed by atoms with Gasteiger partial charge in [-0.25, -0.2) is 9.37 Å². The highest BCUT2D eigenvalue weighted by Crippen LogP contribution is 2.34. The number of hydrogen-bond donors (Lipinski definition) is 3. The van der Waals surface area contributed by atoms with Gasteiger partial charge in [-0.05, 0) is 48.9 Å². The minimum atomic E-state index is -0.467. The molecule has 0 unspecified atom stereocenters. The van der Waals surface area contributed by atoms with Gasteiger partial charge in [0.1, 0.15) is 11.6 Å². The van der Waals surface area contributed by atoms with Crippen LogP contribution >= 0.6 is 0 Å². The van der Waals surface area contributed by atoms with Crippen molar-refractivity contribution in [1.82, 2.24) is 24.8 Å². The number of halogens is 1. The number of phenolic OH excluding ortho intramolecular Hbond substituents is 1. The van der Waals surface area contributed by atoms with Gasteiger partial charge >= 0.3 is 0 Å². The number of anilines is 2. The van der Waals surface area contributed by atoms with Gasteiger partial charge in [-0.3, -0.25) is 0 Å². The zero-order valence-corrected chi connectivity index (χ0v) is 21.2. The molecule has 3 fully saturated rings. The number of terminal acetylenes is 1. The van der Waals surface area contributed by atoms with Gasteiger partial charge in [-0.15, -0.1) is 6.42 Å². The summed E-state index contributed by atoms with van der Waals surface area (Å²) in [5.74, 6) is 3.55. The van der Waals surface area contributed by atoms with E-state index in [-0.39, 0.29) is 16.9 Å². The lowest BCUT2D eigenvalue weighted by molar-refractivity contribution is 0.363. The number of aromatic nitrogens is 4. The molecule has 3 aliphatic rings. The van der Waals surface area contributed by atoms with Gasteiger partial charge in [-0.1, -0.05) is 12.0 Å². The van der Waals surface area contributed by atoms with Crippen LogP contribution in [0.5, 0.6) is 5.75 Å². The minimum absolute atomic E-state index is 0.0848. The summed E-state index contributed by atoms with van der Waals surface area (Å²) >= 11 is 0. The maximum Gasteiger partial charge on any atom is 0.229 e. The molecule has 194 valence electrons. The Morgan fingerprint density at radius 2 is 1.95 bits per heavy atom. The first kappa shape index (κ1) is 23.2. The second kappa shape index (κ2) is 8.28. The number of nitrogens with one attached hydrogen (secondary N) is 1. The van der Waals surface area contributed by atoms with Gasteiger partial charge in [0.2, 0.25) is 5.95 Å². The van der Waals surface area contributed by atoms with Crippen LogP contribution in [0.3, 0.4) is 0 Å². The summed E-state index contributed by atoms with van der Waals surface area (Å²) in [6.07, 6.45) is 9.73. The van der Waals surface area contributed by atoms with Crippen molar-refractivity contribution < 1.29 is 9.50 Å². The number of imidazole rings is 1. The quantitative estimate of drug-likeness (QED) is 0.358. The zero-order valence-electron chi connectivity index (χ0n) is 21.2. The molecule has 3 aliphatic heterocycles. The van der Waals surface area contributed by atoms with Gasteiger partial charge in [0.25, 0.3) is 0 Å². The van der Waals surface area contributed by atoms with E-state index in [1.165, 1.54) is 6.07 Å². The average molecular weight is 513 g/mol. The fourth-order valence-corrected chi connectivity index (χ4v) is 6.29. The highest BCUT2D eigenvalue weighted by molar-refractivity contribution is 5.93. The predicted molar refractivity (Wildman–Crippen MR) is 145 cm³/mol. The molecule has 0 aliphatic carbocycles. The van der Waals surface area contributed by atoms with E-state index in [1.807, 2.05) is 11.5 Å². The molecule has 0 spiro atoms. The largest absolute Gasteiger partial charge is 0.508 e. The van der Waals surface area contributed by atoms with E-state index in [0.717, 1.165) is 31.7 Å². The Morgan fingerprint density at radius 1 is 1.18 bits per heavy atom. The molecule has 10 heteroatoms. The molecule has 3 saturated heterocycles. The van der Waals surface area contributed by atoms with Crippen molar-refractivity contribution in [2.75, 3.05) is 36.0 Å². The van der Waals surface area contributed by atoms with Gasteiger partial charge in [0, 0.05) is 49.2 Å². The number of aromatic hydroxyl groups is 1. The molecule has 0 amide bonds. The van der Waals surface area contributed by atoms with Crippen molar-refractivity contribution in [3.05, 3.63) is 47.5 Å². The lowest BCUT2D eigenvalue weighted by Gasteiger charge is -2.46. The maximum atomic E-state index is 14.6. The molecule has 2 bridgehead atoms. The number of hydrogen-bond acceptors (Lipinski definition) is 8. The summed E-state index contributed by atoms with van der Waals surface area (Å²) in [6.45, 7) is 5.40. The molecule has 0 radical (unpaired) electrons. The number of fused-ring (bicyclic) bond motifs is 4. The van der Waals surface area contributed by atoms with E-state index in [9.17, 15) is 9.50 Å². The zero-order chi connectivity index (χ0) is 26.2. The van der Waals surface area contributed by atoms with Crippen molar-refractivity contribution >= 4 is 33.7 Å².